The first-order valence-corrected chi connectivity index (χ1v) is 4.49. The summed E-state index contributed by atoms with van der Waals surface area (Å²) in [5, 5.41) is 0. The Bertz CT molecular complexity index is 166. The van der Waals surface area contributed by atoms with Crippen LogP contribution in [0.1, 0.15) is 27.2 Å². The van der Waals surface area contributed by atoms with E-state index in [1.165, 1.54) is 0 Å². The lowest BCUT2D eigenvalue weighted by molar-refractivity contribution is -0.149. The predicted molar refractivity (Wildman–Crippen MR) is 45.5 cm³/mol. The molecule has 1 aliphatic rings. The van der Waals surface area contributed by atoms with Gasteiger partial charge in [0.25, 0.3) is 5.92 Å². The first-order valence-electron chi connectivity index (χ1n) is 4.49. The fourth-order valence-electron chi connectivity index (χ4n) is 1.66. The summed E-state index contributed by atoms with van der Waals surface area (Å²) in [6.45, 7) is 7.23. The third kappa shape index (κ3) is 1.60. The van der Waals surface area contributed by atoms with E-state index in [9.17, 15) is 8.78 Å². The number of alkyl halides is 2. The van der Waals surface area contributed by atoms with Crippen LogP contribution in [0.15, 0.2) is 0 Å². The maximum absolute atomic E-state index is 13.3. The molecular formula is C9H17F2N. The van der Waals surface area contributed by atoms with E-state index in [1.54, 1.807) is 13.8 Å². The van der Waals surface area contributed by atoms with Gasteiger partial charge in [0.2, 0.25) is 0 Å². The summed E-state index contributed by atoms with van der Waals surface area (Å²) in [5.41, 5.74) is -0.860. The SMILES string of the molecule is CCN1CCC(F)(F)C(C)(C)C1. The number of nitrogens with zero attached hydrogens (tertiary/aromatic N) is 1. The summed E-state index contributed by atoms with van der Waals surface area (Å²) in [5.74, 6) is -2.49. The van der Waals surface area contributed by atoms with E-state index in [4.69, 9.17) is 0 Å². The zero-order valence-electron chi connectivity index (χ0n) is 8.03. The van der Waals surface area contributed by atoms with Crippen LogP contribution in [-0.2, 0) is 0 Å². The zero-order chi connectivity index (χ0) is 9.41. The largest absolute Gasteiger partial charge is 0.303 e. The molecule has 0 aromatic rings. The number of likely N-dealkylation sites (tertiary alicyclic amines) is 1. The standard InChI is InChI=1S/C9H17F2N/c1-4-12-6-5-9(10,11)8(2,3)7-12/h4-7H2,1-3H3. The van der Waals surface area contributed by atoms with Crippen LogP contribution >= 0.6 is 0 Å². The quantitative estimate of drug-likeness (QED) is 0.594. The summed E-state index contributed by atoms with van der Waals surface area (Å²) in [6, 6.07) is 0. The molecule has 0 amide bonds. The van der Waals surface area contributed by atoms with Gasteiger partial charge in [0.05, 0.1) is 0 Å². The highest BCUT2D eigenvalue weighted by molar-refractivity contribution is 4.92. The van der Waals surface area contributed by atoms with Crippen molar-refractivity contribution in [1.29, 1.82) is 0 Å². The second-order valence-corrected chi connectivity index (χ2v) is 4.21. The molecule has 1 saturated heterocycles. The monoisotopic (exact) mass is 177 g/mol. The van der Waals surface area contributed by atoms with Gasteiger partial charge in [-0.15, -0.1) is 0 Å². The Morgan fingerprint density at radius 2 is 1.92 bits per heavy atom. The maximum atomic E-state index is 13.3. The molecule has 1 fully saturated rings. The molecule has 0 aromatic heterocycles. The van der Waals surface area contributed by atoms with Crippen LogP contribution in [0.25, 0.3) is 0 Å². The van der Waals surface area contributed by atoms with Gasteiger partial charge >= 0.3 is 0 Å². The van der Waals surface area contributed by atoms with Gasteiger partial charge in [0.15, 0.2) is 0 Å². The molecule has 1 nitrogen and oxygen atoms in total. The second kappa shape index (κ2) is 2.95. The third-order valence-electron chi connectivity index (χ3n) is 2.80. The molecule has 0 radical (unpaired) electrons. The van der Waals surface area contributed by atoms with Crippen molar-refractivity contribution in [1.82, 2.24) is 4.90 Å². The highest BCUT2D eigenvalue weighted by atomic mass is 19.3. The molecule has 0 N–H and O–H groups in total. The summed E-state index contributed by atoms with van der Waals surface area (Å²) in [4.78, 5) is 2.08. The predicted octanol–water partition coefficient (Wildman–Crippen LogP) is 2.37. The molecule has 0 aliphatic carbocycles. The van der Waals surface area contributed by atoms with E-state index in [2.05, 4.69) is 4.90 Å². The Hall–Kier alpha value is -0.180. The van der Waals surface area contributed by atoms with Gasteiger partial charge in [-0.05, 0) is 6.54 Å². The minimum atomic E-state index is -2.49. The van der Waals surface area contributed by atoms with Gasteiger partial charge in [-0.25, -0.2) is 8.78 Å². The Morgan fingerprint density at radius 3 is 2.33 bits per heavy atom. The van der Waals surface area contributed by atoms with E-state index in [0.717, 1.165) is 6.54 Å². The number of hydrogen-bond acceptors (Lipinski definition) is 1. The molecule has 0 bridgehead atoms. The lowest BCUT2D eigenvalue weighted by Gasteiger charge is -2.43. The first kappa shape index (κ1) is 9.90. The van der Waals surface area contributed by atoms with E-state index in [0.29, 0.717) is 13.1 Å². The minimum absolute atomic E-state index is 0.00778. The summed E-state index contributed by atoms with van der Waals surface area (Å²) >= 11 is 0. The number of hydrogen-bond donors (Lipinski definition) is 0. The molecule has 0 saturated carbocycles. The van der Waals surface area contributed by atoms with Crippen molar-refractivity contribution in [3.05, 3.63) is 0 Å². The van der Waals surface area contributed by atoms with Gasteiger partial charge in [-0.1, -0.05) is 20.8 Å². The lowest BCUT2D eigenvalue weighted by atomic mass is 9.80. The second-order valence-electron chi connectivity index (χ2n) is 4.21. The highest BCUT2D eigenvalue weighted by Gasteiger charge is 2.49. The van der Waals surface area contributed by atoms with Crippen LogP contribution in [0, 0.1) is 5.41 Å². The third-order valence-corrected chi connectivity index (χ3v) is 2.80. The van der Waals surface area contributed by atoms with E-state index in [1.807, 2.05) is 6.92 Å². The van der Waals surface area contributed by atoms with Gasteiger partial charge < -0.3 is 4.90 Å². The molecular weight excluding hydrogens is 160 g/mol. The fraction of sp³-hybridized carbons (Fsp3) is 1.00. The first-order chi connectivity index (χ1) is 5.39. The molecule has 3 heteroatoms. The highest BCUT2D eigenvalue weighted by Crippen LogP contribution is 2.42. The van der Waals surface area contributed by atoms with E-state index >= 15 is 0 Å². The number of halogens is 2. The fourth-order valence-corrected chi connectivity index (χ4v) is 1.66. The Morgan fingerprint density at radius 1 is 1.33 bits per heavy atom. The maximum Gasteiger partial charge on any atom is 0.255 e. The van der Waals surface area contributed by atoms with Crippen molar-refractivity contribution in [3.8, 4) is 0 Å². The van der Waals surface area contributed by atoms with Crippen molar-refractivity contribution in [3.63, 3.8) is 0 Å². The Kier molecular flexibility index (Phi) is 2.43. The van der Waals surface area contributed by atoms with Gasteiger partial charge in [-0.2, -0.15) is 0 Å². The number of piperidine rings is 1. The molecule has 0 aromatic carbocycles. The average Bonchev–Trinajstić information content (AvgIpc) is 1.95. The van der Waals surface area contributed by atoms with Crippen LogP contribution in [0.5, 0.6) is 0 Å². The molecule has 1 aliphatic heterocycles. The smallest absolute Gasteiger partial charge is 0.255 e. The van der Waals surface area contributed by atoms with Crippen molar-refractivity contribution in [2.45, 2.75) is 33.1 Å². The van der Waals surface area contributed by atoms with E-state index < -0.39 is 11.3 Å². The van der Waals surface area contributed by atoms with Crippen LogP contribution in [0.3, 0.4) is 0 Å². The van der Waals surface area contributed by atoms with Gasteiger partial charge in [0, 0.05) is 24.9 Å². The summed E-state index contributed by atoms with van der Waals surface area (Å²) < 4.78 is 26.5. The molecule has 1 rings (SSSR count). The molecule has 0 unspecified atom stereocenters. The van der Waals surface area contributed by atoms with Gasteiger partial charge in [-0.3, -0.25) is 0 Å². The Labute approximate surface area is 72.7 Å². The zero-order valence-corrected chi connectivity index (χ0v) is 8.03. The minimum Gasteiger partial charge on any atom is -0.303 e. The molecule has 0 atom stereocenters. The lowest BCUT2D eigenvalue weighted by Crippen LogP contribution is -2.52. The molecule has 0 spiro atoms. The Balaban J connectivity index is 2.68. The van der Waals surface area contributed by atoms with Crippen molar-refractivity contribution >= 4 is 0 Å². The summed E-state index contributed by atoms with van der Waals surface area (Å²) in [7, 11) is 0. The molecule has 12 heavy (non-hydrogen) atoms. The summed E-state index contributed by atoms with van der Waals surface area (Å²) in [6.07, 6.45) is 0.00778. The number of rotatable bonds is 1. The van der Waals surface area contributed by atoms with Crippen LogP contribution < -0.4 is 0 Å². The normalized spacial score (nSPS) is 28.8. The van der Waals surface area contributed by atoms with Crippen LogP contribution in [-0.4, -0.2) is 30.5 Å². The van der Waals surface area contributed by atoms with Gasteiger partial charge in [0.1, 0.15) is 0 Å². The molecule has 1 heterocycles. The van der Waals surface area contributed by atoms with Crippen molar-refractivity contribution < 1.29 is 8.78 Å². The van der Waals surface area contributed by atoms with E-state index in [-0.39, 0.29) is 6.42 Å². The average molecular weight is 177 g/mol. The topological polar surface area (TPSA) is 3.24 Å². The van der Waals surface area contributed by atoms with Crippen molar-refractivity contribution in [2.24, 2.45) is 5.41 Å². The van der Waals surface area contributed by atoms with Crippen LogP contribution in [0.4, 0.5) is 8.78 Å². The van der Waals surface area contributed by atoms with Crippen LogP contribution in [0.2, 0.25) is 0 Å². The van der Waals surface area contributed by atoms with Crippen molar-refractivity contribution in [2.75, 3.05) is 19.6 Å². The molecule has 72 valence electrons.